The van der Waals surface area contributed by atoms with Gasteiger partial charge in [-0.25, -0.2) is 0 Å². The van der Waals surface area contributed by atoms with Crippen LogP contribution in [0.5, 0.6) is 28.7 Å². The Balaban J connectivity index is 1.71. The van der Waals surface area contributed by atoms with E-state index < -0.39 is 12.2 Å². The first kappa shape index (κ1) is 20.0. The van der Waals surface area contributed by atoms with E-state index in [9.17, 15) is 15.0 Å². The van der Waals surface area contributed by atoms with Crippen LogP contribution in [0, 0.1) is 0 Å². The van der Waals surface area contributed by atoms with Crippen LogP contribution in [0.15, 0.2) is 57.7 Å². The Morgan fingerprint density at radius 1 is 0.938 bits per heavy atom. The molecule has 0 saturated heterocycles. The minimum atomic E-state index is -0.831. The lowest BCUT2D eigenvalue weighted by Gasteiger charge is -2.34. The zero-order chi connectivity index (χ0) is 22.4. The van der Waals surface area contributed by atoms with E-state index in [2.05, 4.69) is 0 Å². The molecule has 164 valence electrons. The highest BCUT2D eigenvalue weighted by Crippen LogP contribution is 2.50. The summed E-state index contributed by atoms with van der Waals surface area (Å²) in [6, 6.07) is 13.3. The summed E-state index contributed by atoms with van der Waals surface area (Å²) in [7, 11) is 2.91. The van der Waals surface area contributed by atoms with Crippen LogP contribution >= 0.6 is 0 Å². The molecule has 3 aromatic carbocycles. The first-order chi connectivity index (χ1) is 15.5. The number of ether oxygens (including phenoxy) is 4. The average Bonchev–Trinajstić information content (AvgIpc) is 2.83. The Bertz CT molecular complexity index is 1390. The van der Waals surface area contributed by atoms with Crippen LogP contribution in [0.25, 0.3) is 21.9 Å². The molecular formula is C24H20O8. The number of hydrogen-bond donors (Lipinski definition) is 2. The van der Waals surface area contributed by atoms with Gasteiger partial charge in [-0.05, 0) is 30.3 Å². The number of rotatable bonds is 4. The molecule has 1 aliphatic rings. The van der Waals surface area contributed by atoms with E-state index >= 15 is 0 Å². The van der Waals surface area contributed by atoms with Crippen LogP contribution in [0.4, 0.5) is 0 Å². The normalized spacial score (nSPS) is 17.5. The Morgan fingerprint density at radius 3 is 2.44 bits per heavy atom. The number of hydrogen-bond acceptors (Lipinski definition) is 8. The van der Waals surface area contributed by atoms with Gasteiger partial charge in [-0.15, -0.1) is 0 Å². The predicted molar refractivity (Wildman–Crippen MR) is 116 cm³/mol. The molecule has 2 heterocycles. The monoisotopic (exact) mass is 436 g/mol. The topological polar surface area (TPSA) is 108 Å². The van der Waals surface area contributed by atoms with E-state index in [-0.39, 0.29) is 46.0 Å². The molecular weight excluding hydrogens is 416 g/mol. The summed E-state index contributed by atoms with van der Waals surface area (Å²) in [5.41, 5.74) is 0.951. The molecule has 2 N–H and O–H groups in total. The number of aliphatic hydroxyl groups is 1. The van der Waals surface area contributed by atoms with Gasteiger partial charge < -0.3 is 33.6 Å². The molecule has 0 amide bonds. The van der Waals surface area contributed by atoms with Gasteiger partial charge in [0, 0.05) is 5.56 Å². The maximum absolute atomic E-state index is 13.1. The van der Waals surface area contributed by atoms with Gasteiger partial charge in [0.05, 0.1) is 31.6 Å². The molecule has 0 unspecified atom stereocenters. The van der Waals surface area contributed by atoms with Crippen LogP contribution < -0.4 is 24.4 Å². The second kappa shape index (κ2) is 7.65. The lowest BCUT2D eigenvalue weighted by Crippen LogP contribution is -2.36. The first-order valence-corrected chi connectivity index (χ1v) is 9.93. The van der Waals surface area contributed by atoms with Gasteiger partial charge in [-0.3, -0.25) is 4.79 Å². The number of phenols is 1. The molecule has 1 aliphatic heterocycles. The summed E-state index contributed by atoms with van der Waals surface area (Å²) in [5, 5.41) is 20.9. The maximum Gasteiger partial charge on any atom is 0.209 e. The number of para-hydroxylation sites is 1. The van der Waals surface area contributed by atoms with Crippen molar-refractivity contribution in [1.82, 2.24) is 0 Å². The summed E-state index contributed by atoms with van der Waals surface area (Å²) in [4.78, 5) is 13.1. The number of fused-ring (bicyclic) bond motifs is 4. The van der Waals surface area contributed by atoms with E-state index in [4.69, 9.17) is 23.4 Å². The fraction of sp³-hybridized carbons (Fsp3) is 0.208. The van der Waals surface area contributed by atoms with E-state index in [0.717, 1.165) is 0 Å². The molecule has 8 nitrogen and oxygen atoms in total. The van der Waals surface area contributed by atoms with Gasteiger partial charge in [0.1, 0.15) is 5.58 Å². The Hall–Kier alpha value is -3.91. The lowest BCUT2D eigenvalue weighted by molar-refractivity contribution is -0.0134. The third kappa shape index (κ3) is 2.99. The molecule has 0 spiro atoms. The predicted octanol–water partition coefficient (Wildman–Crippen LogP) is 3.54. The highest BCUT2D eigenvalue weighted by Gasteiger charge is 2.37. The summed E-state index contributed by atoms with van der Waals surface area (Å²) in [6.07, 6.45) is -1.59. The van der Waals surface area contributed by atoms with Gasteiger partial charge in [0.2, 0.25) is 16.9 Å². The third-order valence-electron chi connectivity index (χ3n) is 5.53. The largest absolute Gasteiger partial charge is 0.504 e. The molecule has 0 aliphatic carbocycles. The van der Waals surface area contributed by atoms with Crippen LogP contribution in [0.3, 0.4) is 0 Å². The van der Waals surface area contributed by atoms with Crippen LogP contribution in [-0.2, 0) is 0 Å². The van der Waals surface area contributed by atoms with Crippen molar-refractivity contribution in [3.63, 3.8) is 0 Å². The van der Waals surface area contributed by atoms with Gasteiger partial charge in [-0.1, -0.05) is 18.2 Å². The molecule has 0 bridgehead atoms. The molecule has 0 saturated carbocycles. The second-order valence-corrected chi connectivity index (χ2v) is 7.35. The molecule has 8 heteroatoms. The van der Waals surface area contributed by atoms with Gasteiger partial charge in [0.25, 0.3) is 0 Å². The summed E-state index contributed by atoms with van der Waals surface area (Å²) in [5.74, 6) is 0.940. The van der Waals surface area contributed by atoms with E-state index in [1.807, 2.05) is 0 Å². The number of aromatic hydroxyl groups is 1. The van der Waals surface area contributed by atoms with Crippen molar-refractivity contribution in [2.45, 2.75) is 12.2 Å². The van der Waals surface area contributed by atoms with E-state index in [1.54, 1.807) is 42.5 Å². The molecule has 0 fully saturated rings. The fourth-order valence-corrected chi connectivity index (χ4v) is 3.95. The first-order valence-electron chi connectivity index (χ1n) is 9.93. The summed E-state index contributed by atoms with van der Waals surface area (Å²) < 4.78 is 28.9. The second-order valence-electron chi connectivity index (χ2n) is 7.35. The lowest BCUT2D eigenvalue weighted by atomic mass is 10.0. The van der Waals surface area contributed by atoms with Crippen LogP contribution in [0.1, 0.15) is 11.7 Å². The van der Waals surface area contributed by atoms with Crippen LogP contribution in [-0.4, -0.2) is 37.1 Å². The Labute approximate surface area is 182 Å². The smallest absolute Gasteiger partial charge is 0.209 e. The molecule has 5 rings (SSSR count). The highest BCUT2D eigenvalue weighted by atomic mass is 16.6. The van der Waals surface area contributed by atoms with Crippen molar-refractivity contribution < 1.29 is 33.6 Å². The van der Waals surface area contributed by atoms with Crippen molar-refractivity contribution in [3.05, 3.63) is 64.3 Å². The standard InChI is InChI=1S/C24H20O8/c1-28-17-8-7-12(9-15(17)26)21-19(11-25)31-24-22-14(10-18(29-2)23(24)32-21)20(27)13-5-3-4-6-16(13)30-22/h3-10,19,21,25-26H,11H2,1-2H3/t19-,21-/m1/s1. The summed E-state index contributed by atoms with van der Waals surface area (Å²) in [6.45, 7) is -0.382. The molecule has 1 aromatic heterocycles. The number of aliphatic hydroxyl groups excluding tert-OH is 1. The number of phenolic OH excluding ortho intramolecular Hbond substituents is 1. The van der Waals surface area contributed by atoms with Crippen molar-refractivity contribution in [2.24, 2.45) is 0 Å². The fourth-order valence-electron chi connectivity index (χ4n) is 3.95. The van der Waals surface area contributed by atoms with Crippen molar-refractivity contribution in [1.29, 1.82) is 0 Å². The van der Waals surface area contributed by atoms with Crippen LogP contribution in [0.2, 0.25) is 0 Å². The minimum Gasteiger partial charge on any atom is -0.504 e. The zero-order valence-electron chi connectivity index (χ0n) is 17.3. The third-order valence-corrected chi connectivity index (χ3v) is 5.53. The van der Waals surface area contributed by atoms with Gasteiger partial charge >= 0.3 is 0 Å². The summed E-state index contributed by atoms with van der Waals surface area (Å²) >= 11 is 0. The SMILES string of the molecule is COc1ccc([C@H]2Oc3c(OC)cc4c(=O)c5ccccc5oc4c3O[C@@H]2CO)cc1O. The Morgan fingerprint density at radius 2 is 1.72 bits per heavy atom. The van der Waals surface area contributed by atoms with Crippen molar-refractivity contribution in [2.75, 3.05) is 20.8 Å². The number of benzene rings is 3. The minimum absolute atomic E-state index is 0.0703. The van der Waals surface area contributed by atoms with E-state index in [1.165, 1.54) is 20.3 Å². The quantitative estimate of drug-likeness (QED) is 0.468. The van der Waals surface area contributed by atoms with Gasteiger partial charge in [-0.2, -0.15) is 0 Å². The molecule has 32 heavy (non-hydrogen) atoms. The van der Waals surface area contributed by atoms with Gasteiger partial charge in [0.15, 0.2) is 35.0 Å². The van der Waals surface area contributed by atoms with Crippen molar-refractivity contribution >= 4 is 21.9 Å². The van der Waals surface area contributed by atoms with E-state index in [0.29, 0.717) is 22.3 Å². The highest BCUT2D eigenvalue weighted by molar-refractivity contribution is 5.95. The molecule has 0 radical (unpaired) electrons. The maximum atomic E-state index is 13.1. The number of methoxy groups -OCH3 is 2. The van der Waals surface area contributed by atoms with Crippen molar-refractivity contribution in [3.8, 4) is 28.7 Å². The Kier molecular flexibility index (Phi) is 4.79. The molecule has 4 aromatic rings. The average molecular weight is 436 g/mol. The molecule has 2 atom stereocenters. The zero-order valence-corrected chi connectivity index (χ0v) is 17.3.